The molecule has 1 heterocycles. The molecule has 5 heteroatoms. The molecule has 0 amide bonds. The van der Waals surface area contributed by atoms with Crippen molar-refractivity contribution in [2.24, 2.45) is 0 Å². The molecule has 0 bridgehead atoms. The molecule has 0 aliphatic carbocycles. The van der Waals surface area contributed by atoms with Crippen molar-refractivity contribution in [3.8, 4) is 11.3 Å². The van der Waals surface area contributed by atoms with E-state index in [1.54, 1.807) is 18.2 Å². The van der Waals surface area contributed by atoms with Crippen molar-refractivity contribution in [2.45, 2.75) is 13.8 Å². The average molecular weight is 268 g/mol. The number of benzene rings is 1. The maximum Gasteiger partial charge on any atom is 0.150 e. The van der Waals surface area contributed by atoms with Gasteiger partial charge >= 0.3 is 0 Å². The Morgan fingerprint density at radius 2 is 1.71 bits per heavy atom. The normalized spacial score (nSPS) is 10.6. The standard InChI is InChI=1S/C12H11Cl2N3/c1-6-7(2)17-12(15)11(16-6)9-4-3-8(13)5-10(9)14/h3-5H,1-2H3,(H2,15,17). The van der Waals surface area contributed by atoms with E-state index in [1.165, 1.54) is 0 Å². The van der Waals surface area contributed by atoms with E-state index in [9.17, 15) is 0 Å². The first kappa shape index (κ1) is 12.1. The Bertz CT molecular complexity index is 582. The van der Waals surface area contributed by atoms with Crippen LogP contribution in [0.15, 0.2) is 18.2 Å². The molecule has 3 nitrogen and oxygen atoms in total. The zero-order valence-corrected chi connectivity index (χ0v) is 11.0. The molecule has 0 radical (unpaired) electrons. The number of aromatic nitrogens is 2. The van der Waals surface area contributed by atoms with Crippen molar-refractivity contribution >= 4 is 29.0 Å². The molecule has 1 aromatic carbocycles. The first-order valence-electron chi connectivity index (χ1n) is 5.05. The van der Waals surface area contributed by atoms with Crippen LogP contribution in [0.5, 0.6) is 0 Å². The molecule has 1 aromatic heterocycles. The lowest BCUT2D eigenvalue weighted by Gasteiger charge is -2.09. The van der Waals surface area contributed by atoms with E-state index in [1.807, 2.05) is 13.8 Å². The zero-order valence-electron chi connectivity index (χ0n) is 9.46. The van der Waals surface area contributed by atoms with Crippen LogP contribution in [0, 0.1) is 13.8 Å². The summed E-state index contributed by atoms with van der Waals surface area (Å²) in [7, 11) is 0. The van der Waals surface area contributed by atoms with Crippen LogP contribution in [0.2, 0.25) is 10.0 Å². The third-order valence-corrected chi connectivity index (χ3v) is 3.07. The number of nitrogens with zero attached hydrogens (tertiary/aromatic N) is 2. The van der Waals surface area contributed by atoms with Crippen LogP contribution in [0.3, 0.4) is 0 Å². The second-order valence-corrected chi connectivity index (χ2v) is 4.60. The SMILES string of the molecule is Cc1nc(N)c(-c2ccc(Cl)cc2Cl)nc1C. The van der Waals surface area contributed by atoms with Crippen molar-refractivity contribution in [3.63, 3.8) is 0 Å². The van der Waals surface area contributed by atoms with Gasteiger partial charge in [0.15, 0.2) is 0 Å². The van der Waals surface area contributed by atoms with Crippen LogP contribution >= 0.6 is 23.2 Å². The Hall–Kier alpha value is -1.32. The van der Waals surface area contributed by atoms with Gasteiger partial charge in [0.05, 0.1) is 16.4 Å². The Morgan fingerprint density at radius 1 is 1.06 bits per heavy atom. The lowest BCUT2D eigenvalue weighted by molar-refractivity contribution is 1.06. The molecule has 0 spiro atoms. The van der Waals surface area contributed by atoms with Crippen molar-refractivity contribution in [1.82, 2.24) is 9.97 Å². The van der Waals surface area contributed by atoms with E-state index in [0.717, 1.165) is 17.0 Å². The lowest BCUT2D eigenvalue weighted by Crippen LogP contribution is -2.02. The number of halogens is 2. The van der Waals surface area contributed by atoms with Gasteiger partial charge in [-0.1, -0.05) is 23.2 Å². The Morgan fingerprint density at radius 3 is 2.35 bits per heavy atom. The number of nitrogens with two attached hydrogens (primary N) is 1. The minimum Gasteiger partial charge on any atom is -0.382 e. The van der Waals surface area contributed by atoms with Crippen LogP contribution in [0.1, 0.15) is 11.4 Å². The number of hydrogen-bond acceptors (Lipinski definition) is 3. The van der Waals surface area contributed by atoms with Crippen LogP contribution in [-0.4, -0.2) is 9.97 Å². The molecule has 0 fully saturated rings. The maximum absolute atomic E-state index is 6.12. The molecule has 2 rings (SSSR count). The fourth-order valence-corrected chi connectivity index (χ4v) is 2.00. The van der Waals surface area contributed by atoms with Crippen LogP contribution in [0.25, 0.3) is 11.3 Å². The van der Waals surface area contributed by atoms with Crippen molar-refractivity contribution in [3.05, 3.63) is 39.6 Å². The van der Waals surface area contributed by atoms with Gasteiger partial charge in [0, 0.05) is 10.6 Å². The summed E-state index contributed by atoms with van der Waals surface area (Å²) in [6.07, 6.45) is 0. The summed E-state index contributed by atoms with van der Waals surface area (Å²) >= 11 is 12.0. The fourth-order valence-electron chi connectivity index (χ4n) is 1.50. The van der Waals surface area contributed by atoms with Gasteiger partial charge < -0.3 is 5.73 Å². The quantitative estimate of drug-likeness (QED) is 0.858. The van der Waals surface area contributed by atoms with Gasteiger partial charge in [-0.2, -0.15) is 0 Å². The van der Waals surface area contributed by atoms with Gasteiger partial charge in [-0.25, -0.2) is 9.97 Å². The van der Waals surface area contributed by atoms with E-state index in [2.05, 4.69) is 9.97 Å². The molecule has 0 unspecified atom stereocenters. The highest BCUT2D eigenvalue weighted by atomic mass is 35.5. The van der Waals surface area contributed by atoms with Crippen LogP contribution < -0.4 is 5.73 Å². The smallest absolute Gasteiger partial charge is 0.150 e. The molecule has 0 aliphatic heterocycles. The highest BCUT2D eigenvalue weighted by Gasteiger charge is 2.12. The molecule has 0 atom stereocenters. The molecular weight excluding hydrogens is 257 g/mol. The fraction of sp³-hybridized carbons (Fsp3) is 0.167. The van der Waals surface area contributed by atoms with Gasteiger partial charge in [0.2, 0.25) is 0 Å². The van der Waals surface area contributed by atoms with Crippen LogP contribution in [-0.2, 0) is 0 Å². The summed E-state index contributed by atoms with van der Waals surface area (Å²) < 4.78 is 0. The highest BCUT2D eigenvalue weighted by Crippen LogP contribution is 2.32. The molecule has 88 valence electrons. The summed E-state index contributed by atoms with van der Waals surface area (Å²) in [5.74, 6) is 0.373. The van der Waals surface area contributed by atoms with E-state index in [-0.39, 0.29) is 0 Å². The first-order chi connectivity index (χ1) is 7.99. The summed E-state index contributed by atoms with van der Waals surface area (Å²) in [5.41, 5.74) is 8.85. The highest BCUT2D eigenvalue weighted by molar-refractivity contribution is 6.36. The topological polar surface area (TPSA) is 51.8 Å². The Kier molecular flexibility index (Phi) is 3.22. The predicted octanol–water partition coefficient (Wildman–Crippen LogP) is 3.65. The second-order valence-electron chi connectivity index (χ2n) is 3.75. The number of hydrogen-bond donors (Lipinski definition) is 1. The van der Waals surface area contributed by atoms with Crippen molar-refractivity contribution in [1.29, 1.82) is 0 Å². The minimum atomic E-state index is 0.373. The van der Waals surface area contributed by atoms with E-state index in [0.29, 0.717) is 21.6 Å². The predicted molar refractivity (Wildman–Crippen MR) is 71.4 cm³/mol. The average Bonchev–Trinajstić information content (AvgIpc) is 2.24. The summed E-state index contributed by atoms with van der Waals surface area (Å²) in [4.78, 5) is 8.65. The second kappa shape index (κ2) is 4.51. The zero-order chi connectivity index (χ0) is 12.6. The first-order valence-corrected chi connectivity index (χ1v) is 5.81. The third kappa shape index (κ3) is 2.35. The third-order valence-electron chi connectivity index (χ3n) is 2.52. The summed E-state index contributed by atoms with van der Waals surface area (Å²) in [5, 5.41) is 1.09. The maximum atomic E-state index is 6.12. The van der Waals surface area contributed by atoms with Gasteiger partial charge in [-0.05, 0) is 32.0 Å². The molecular formula is C12H11Cl2N3. The largest absolute Gasteiger partial charge is 0.382 e. The Labute approximate surface area is 110 Å². The lowest BCUT2D eigenvalue weighted by atomic mass is 10.1. The number of anilines is 1. The number of rotatable bonds is 1. The van der Waals surface area contributed by atoms with Crippen molar-refractivity contribution in [2.75, 3.05) is 5.73 Å². The van der Waals surface area contributed by atoms with E-state index in [4.69, 9.17) is 28.9 Å². The van der Waals surface area contributed by atoms with Crippen LogP contribution in [0.4, 0.5) is 5.82 Å². The molecule has 0 saturated carbocycles. The molecule has 0 aliphatic rings. The monoisotopic (exact) mass is 267 g/mol. The van der Waals surface area contributed by atoms with E-state index >= 15 is 0 Å². The van der Waals surface area contributed by atoms with Gasteiger partial charge in [-0.15, -0.1) is 0 Å². The van der Waals surface area contributed by atoms with Crippen molar-refractivity contribution < 1.29 is 0 Å². The Balaban J connectivity index is 2.64. The van der Waals surface area contributed by atoms with Gasteiger partial charge in [0.1, 0.15) is 11.5 Å². The van der Waals surface area contributed by atoms with Gasteiger partial charge in [0.25, 0.3) is 0 Å². The number of aryl methyl sites for hydroxylation is 2. The summed E-state index contributed by atoms with van der Waals surface area (Å²) in [6, 6.07) is 5.20. The minimum absolute atomic E-state index is 0.373. The van der Waals surface area contributed by atoms with Gasteiger partial charge in [-0.3, -0.25) is 0 Å². The molecule has 17 heavy (non-hydrogen) atoms. The number of nitrogen functional groups attached to an aromatic ring is 1. The molecule has 2 N–H and O–H groups in total. The molecule has 0 saturated heterocycles. The summed E-state index contributed by atoms with van der Waals surface area (Å²) in [6.45, 7) is 3.75. The van der Waals surface area contributed by atoms with E-state index < -0.39 is 0 Å². The molecule has 2 aromatic rings.